The molecule has 1 aromatic carbocycles. The molecule has 6 heteroatoms. The van der Waals surface area contributed by atoms with Crippen LogP contribution in [-0.2, 0) is 0 Å². The van der Waals surface area contributed by atoms with Gasteiger partial charge in [-0.25, -0.2) is 0 Å². The van der Waals surface area contributed by atoms with E-state index in [0.29, 0.717) is 22.7 Å². The first-order valence-electron chi connectivity index (χ1n) is 4.85. The van der Waals surface area contributed by atoms with Gasteiger partial charge < -0.3 is 20.3 Å². The van der Waals surface area contributed by atoms with Gasteiger partial charge in [-0.3, -0.25) is 4.79 Å². The average molecular weight is 233 g/mol. The number of carbonyl (C=O) groups is 1. The molecule has 2 rings (SSSR count). The van der Waals surface area contributed by atoms with Crippen molar-refractivity contribution in [2.45, 2.75) is 0 Å². The second kappa shape index (κ2) is 4.56. The molecule has 0 radical (unpaired) electrons. The van der Waals surface area contributed by atoms with Crippen LogP contribution < -0.4 is 15.8 Å². The van der Waals surface area contributed by atoms with E-state index in [1.54, 1.807) is 18.2 Å². The first-order chi connectivity index (χ1) is 8.22. The van der Waals surface area contributed by atoms with Crippen LogP contribution in [0.1, 0.15) is 10.4 Å². The number of nitrogens with zero attached hydrogens (tertiary/aromatic N) is 1. The number of methoxy groups -OCH3 is 1. The van der Waals surface area contributed by atoms with Gasteiger partial charge in [0.05, 0.1) is 24.6 Å². The fourth-order valence-corrected chi connectivity index (χ4v) is 1.39. The van der Waals surface area contributed by atoms with Gasteiger partial charge in [-0.15, -0.1) is 0 Å². The molecule has 0 fully saturated rings. The zero-order chi connectivity index (χ0) is 12.3. The third kappa shape index (κ3) is 2.20. The topological polar surface area (TPSA) is 90.4 Å². The van der Waals surface area contributed by atoms with Crippen LogP contribution in [0.2, 0.25) is 0 Å². The molecule has 0 bridgehead atoms. The van der Waals surface area contributed by atoms with Gasteiger partial charge in [0.1, 0.15) is 17.7 Å². The number of nitrogens with one attached hydrogen (secondary N) is 1. The van der Waals surface area contributed by atoms with E-state index < -0.39 is 0 Å². The van der Waals surface area contributed by atoms with Gasteiger partial charge in [0.2, 0.25) is 0 Å². The molecule has 88 valence electrons. The van der Waals surface area contributed by atoms with Crippen LogP contribution in [0.25, 0.3) is 0 Å². The summed E-state index contributed by atoms with van der Waals surface area (Å²) in [7, 11) is 1.49. The number of benzene rings is 1. The first kappa shape index (κ1) is 11.0. The third-order valence-corrected chi connectivity index (χ3v) is 2.22. The molecular formula is C11H11N3O3. The van der Waals surface area contributed by atoms with Crippen molar-refractivity contribution < 1.29 is 14.1 Å². The molecule has 0 aliphatic heterocycles. The van der Waals surface area contributed by atoms with Crippen LogP contribution in [0.3, 0.4) is 0 Å². The predicted molar refractivity (Wildman–Crippen MR) is 61.9 cm³/mol. The van der Waals surface area contributed by atoms with Crippen molar-refractivity contribution in [3.8, 4) is 5.75 Å². The summed E-state index contributed by atoms with van der Waals surface area (Å²) in [6, 6.07) is 4.99. The normalized spacial score (nSPS) is 9.94. The highest BCUT2D eigenvalue weighted by atomic mass is 16.5. The first-order valence-corrected chi connectivity index (χ1v) is 4.85. The highest BCUT2D eigenvalue weighted by molar-refractivity contribution is 6.08. The Balaban J connectivity index is 2.25. The number of nitrogens with two attached hydrogens (primary N) is 1. The predicted octanol–water partition coefficient (Wildman–Crippen LogP) is 1.52. The maximum Gasteiger partial charge on any atom is 0.258 e. The Kier molecular flexibility index (Phi) is 2.95. The molecule has 1 aromatic heterocycles. The Hall–Kier alpha value is -2.50. The molecule has 1 amide bonds. The lowest BCUT2D eigenvalue weighted by Gasteiger charge is -2.09. The number of amides is 1. The molecule has 0 unspecified atom stereocenters. The molecule has 6 nitrogen and oxygen atoms in total. The molecule has 0 saturated carbocycles. The highest BCUT2D eigenvalue weighted by Gasteiger charge is 2.13. The van der Waals surface area contributed by atoms with Gasteiger partial charge in [0.25, 0.3) is 5.91 Å². The summed E-state index contributed by atoms with van der Waals surface area (Å²) in [5, 5.41) is 6.08. The van der Waals surface area contributed by atoms with Crippen LogP contribution in [0.5, 0.6) is 5.75 Å². The van der Waals surface area contributed by atoms with Gasteiger partial charge in [-0.05, 0) is 12.1 Å². The van der Waals surface area contributed by atoms with E-state index in [1.807, 2.05) is 0 Å². The summed E-state index contributed by atoms with van der Waals surface area (Å²) < 4.78 is 9.64. The maximum atomic E-state index is 11.9. The van der Waals surface area contributed by atoms with Crippen molar-refractivity contribution in [2.24, 2.45) is 0 Å². The molecular weight excluding hydrogens is 222 g/mol. The zero-order valence-corrected chi connectivity index (χ0v) is 9.14. The van der Waals surface area contributed by atoms with Gasteiger partial charge in [0, 0.05) is 0 Å². The highest BCUT2D eigenvalue weighted by Crippen LogP contribution is 2.25. The zero-order valence-electron chi connectivity index (χ0n) is 9.14. The lowest BCUT2D eigenvalue weighted by Crippen LogP contribution is -2.14. The van der Waals surface area contributed by atoms with E-state index in [2.05, 4.69) is 15.0 Å². The van der Waals surface area contributed by atoms with Gasteiger partial charge in [-0.2, -0.15) is 0 Å². The fraction of sp³-hybridized carbons (Fsp3) is 0.0909. The van der Waals surface area contributed by atoms with E-state index in [1.165, 1.54) is 19.6 Å². The number of anilines is 2. The number of rotatable bonds is 3. The fourth-order valence-electron chi connectivity index (χ4n) is 1.39. The Morgan fingerprint density at radius 1 is 1.53 bits per heavy atom. The summed E-state index contributed by atoms with van der Waals surface area (Å²) in [4.78, 5) is 11.9. The minimum atomic E-state index is -0.343. The second-order valence-electron chi connectivity index (χ2n) is 3.29. The molecule has 17 heavy (non-hydrogen) atoms. The largest absolute Gasteiger partial charge is 0.495 e. The van der Waals surface area contributed by atoms with E-state index in [4.69, 9.17) is 10.5 Å². The van der Waals surface area contributed by atoms with Crippen LogP contribution in [0, 0.1) is 0 Å². The summed E-state index contributed by atoms with van der Waals surface area (Å²) in [5.74, 6) is 0.118. The minimum Gasteiger partial charge on any atom is -0.495 e. The number of aromatic nitrogens is 1. The van der Waals surface area contributed by atoms with Gasteiger partial charge >= 0.3 is 0 Å². The molecule has 0 atom stereocenters. The number of carbonyl (C=O) groups excluding carboxylic acids is 1. The van der Waals surface area contributed by atoms with Crippen molar-refractivity contribution in [1.82, 2.24) is 5.16 Å². The summed E-state index contributed by atoms with van der Waals surface area (Å²) in [6.07, 6.45) is 2.72. The summed E-state index contributed by atoms with van der Waals surface area (Å²) in [5.41, 5.74) is 6.90. The number of para-hydroxylation sites is 1. The SMILES string of the molecule is COc1cccc(C(=O)Nc2cnoc2)c1N. The molecule has 2 aromatic rings. The third-order valence-electron chi connectivity index (χ3n) is 2.22. The Labute approximate surface area is 97.3 Å². The van der Waals surface area contributed by atoms with Crippen LogP contribution in [0.4, 0.5) is 11.4 Å². The maximum absolute atomic E-state index is 11.9. The second-order valence-corrected chi connectivity index (χ2v) is 3.29. The van der Waals surface area contributed by atoms with Crippen LogP contribution >= 0.6 is 0 Å². The van der Waals surface area contributed by atoms with Crippen molar-refractivity contribution in [3.63, 3.8) is 0 Å². The Morgan fingerprint density at radius 3 is 3.00 bits per heavy atom. The van der Waals surface area contributed by atoms with Crippen molar-refractivity contribution in [1.29, 1.82) is 0 Å². The van der Waals surface area contributed by atoms with E-state index in [-0.39, 0.29) is 5.91 Å². The smallest absolute Gasteiger partial charge is 0.258 e. The molecule has 0 spiro atoms. The molecule has 1 heterocycles. The molecule has 0 saturated heterocycles. The quantitative estimate of drug-likeness (QED) is 0.784. The monoisotopic (exact) mass is 233 g/mol. The number of nitrogen functional groups attached to an aromatic ring is 1. The lowest BCUT2D eigenvalue weighted by atomic mass is 10.1. The lowest BCUT2D eigenvalue weighted by molar-refractivity contribution is 0.102. The van der Waals surface area contributed by atoms with E-state index in [0.717, 1.165) is 0 Å². The number of hydrogen-bond acceptors (Lipinski definition) is 5. The Bertz CT molecular complexity index is 523. The minimum absolute atomic E-state index is 0.295. The number of ether oxygens (including phenoxy) is 1. The standard InChI is InChI=1S/C11H11N3O3/c1-16-9-4-2-3-8(10(9)12)11(15)14-7-5-13-17-6-7/h2-6H,12H2,1H3,(H,14,15). The van der Waals surface area contributed by atoms with Crippen molar-refractivity contribution in [3.05, 3.63) is 36.2 Å². The van der Waals surface area contributed by atoms with E-state index >= 15 is 0 Å². The molecule has 3 N–H and O–H groups in total. The average Bonchev–Trinajstić information content (AvgIpc) is 2.82. The van der Waals surface area contributed by atoms with Crippen LogP contribution in [0.15, 0.2) is 35.2 Å². The summed E-state index contributed by atoms with van der Waals surface area (Å²) >= 11 is 0. The van der Waals surface area contributed by atoms with Gasteiger partial charge in [-0.1, -0.05) is 11.2 Å². The Morgan fingerprint density at radius 2 is 2.35 bits per heavy atom. The molecule has 0 aliphatic carbocycles. The van der Waals surface area contributed by atoms with Crippen molar-refractivity contribution >= 4 is 17.3 Å². The number of hydrogen-bond donors (Lipinski definition) is 2. The molecule has 0 aliphatic rings. The van der Waals surface area contributed by atoms with Crippen molar-refractivity contribution in [2.75, 3.05) is 18.2 Å². The summed E-state index contributed by atoms with van der Waals surface area (Å²) in [6.45, 7) is 0. The van der Waals surface area contributed by atoms with E-state index in [9.17, 15) is 4.79 Å². The van der Waals surface area contributed by atoms with Crippen LogP contribution in [-0.4, -0.2) is 18.2 Å². The van der Waals surface area contributed by atoms with Gasteiger partial charge in [0.15, 0.2) is 0 Å².